The maximum absolute atomic E-state index is 11.8. The van der Waals surface area contributed by atoms with Crippen LogP contribution in [0.5, 0.6) is 0 Å². The Morgan fingerprint density at radius 3 is 2.39 bits per heavy atom. The van der Waals surface area contributed by atoms with Gasteiger partial charge < -0.3 is 15.3 Å². The lowest BCUT2D eigenvalue weighted by Crippen LogP contribution is -2.52. The Bertz CT molecular complexity index is 276. The van der Waals surface area contributed by atoms with Crippen molar-refractivity contribution in [3.05, 3.63) is 0 Å². The van der Waals surface area contributed by atoms with Gasteiger partial charge in [0.25, 0.3) is 0 Å². The van der Waals surface area contributed by atoms with Crippen molar-refractivity contribution in [2.75, 3.05) is 39.3 Å². The standard InChI is InChI=1S/C12H23N3O3/c1-2-3-4-5-13-12(18)15-8-6-14(7-9-15)10-11(16)17/h2-10H2,1H3,(H,13,18)(H,16,17). The molecule has 2 amide bonds. The summed E-state index contributed by atoms with van der Waals surface area (Å²) in [6.45, 7) is 5.39. The highest BCUT2D eigenvalue weighted by Crippen LogP contribution is 2.02. The minimum Gasteiger partial charge on any atom is -0.480 e. The van der Waals surface area contributed by atoms with Crippen LogP contribution in [0.4, 0.5) is 4.79 Å². The van der Waals surface area contributed by atoms with E-state index in [1.165, 1.54) is 0 Å². The van der Waals surface area contributed by atoms with E-state index >= 15 is 0 Å². The lowest BCUT2D eigenvalue weighted by atomic mass is 10.2. The van der Waals surface area contributed by atoms with E-state index < -0.39 is 5.97 Å². The van der Waals surface area contributed by atoms with Gasteiger partial charge in [-0.1, -0.05) is 19.8 Å². The van der Waals surface area contributed by atoms with Crippen LogP contribution in [0.3, 0.4) is 0 Å². The molecule has 0 unspecified atom stereocenters. The number of carbonyl (C=O) groups excluding carboxylic acids is 1. The third-order valence-corrected chi connectivity index (χ3v) is 3.07. The quantitative estimate of drug-likeness (QED) is 0.683. The molecule has 0 radical (unpaired) electrons. The van der Waals surface area contributed by atoms with E-state index in [1.54, 1.807) is 4.90 Å². The smallest absolute Gasteiger partial charge is 0.317 e. The molecule has 0 spiro atoms. The van der Waals surface area contributed by atoms with Crippen LogP contribution in [0, 0.1) is 0 Å². The molecule has 0 saturated carbocycles. The molecule has 0 atom stereocenters. The number of nitrogens with zero attached hydrogens (tertiary/aromatic N) is 2. The highest BCUT2D eigenvalue weighted by Gasteiger charge is 2.21. The summed E-state index contributed by atoms with van der Waals surface area (Å²) < 4.78 is 0. The number of amides is 2. The van der Waals surface area contributed by atoms with Crippen molar-refractivity contribution in [3.8, 4) is 0 Å². The summed E-state index contributed by atoms with van der Waals surface area (Å²) >= 11 is 0. The average Bonchev–Trinajstić information content (AvgIpc) is 2.34. The second-order valence-corrected chi connectivity index (χ2v) is 4.60. The van der Waals surface area contributed by atoms with Crippen molar-refractivity contribution in [1.82, 2.24) is 15.1 Å². The number of unbranched alkanes of at least 4 members (excludes halogenated alkanes) is 2. The maximum atomic E-state index is 11.8. The van der Waals surface area contributed by atoms with Gasteiger partial charge in [0.15, 0.2) is 0 Å². The first-order valence-corrected chi connectivity index (χ1v) is 6.60. The van der Waals surface area contributed by atoms with Crippen LogP contribution in [-0.2, 0) is 4.79 Å². The highest BCUT2D eigenvalue weighted by molar-refractivity contribution is 5.74. The molecule has 1 aliphatic heterocycles. The Hall–Kier alpha value is -1.30. The third-order valence-electron chi connectivity index (χ3n) is 3.07. The molecule has 104 valence electrons. The monoisotopic (exact) mass is 257 g/mol. The summed E-state index contributed by atoms with van der Waals surface area (Å²) in [5.41, 5.74) is 0. The van der Waals surface area contributed by atoms with Crippen molar-refractivity contribution < 1.29 is 14.7 Å². The average molecular weight is 257 g/mol. The van der Waals surface area contributed by atoms with Crippen LogP contribution in [0.25, 0.3) is 0 Å². The van der Waals surface area contributed by atoms with Crippen LogP contribution >= 0.6 is 0 Å². The Kier molecular flexibility index (Phi) is 6.49. The second-order valence-electron chi connectivity index (χ2n) is 4.60. The number of nitrogens with one attached hydrogen (secondary N) is 1. The summed E-state index contributed by atoms with van der Waals surface area (Å²) in [4.78, 5) is 25.9. The van der Waals surface area contributed by atoms with Gasteiger partial charge in [0.2, 0.25) is 0 Å². The summed E-state index contributed by atoms with van der Waals surface area (Å²) in [7, 11) is 0. The molecule has 18 heavy (non-hydrogen) atoms. The van der Waals surface area contributed by atoms with Crippen molar-refractivity contribution in [2.24, 2.45) is 0 Å². The van der Waals surface area contributed by atoms with Gasteiger partial charge in [-0.2, -0.15) is 0 Å². The fraction of sp³-hybridized carbons (Fsp3) is 0.833. The summed E-state index contributed by atoms with van der Waals surface area (Å²) in [6.07, 6.45) is 3.29. The number of hydrogen-bond acceptors (Lipinski definition) is 3. The Morgan fingerprint density at radius 1 is 1.17 bits per heavy atom. The number of piperazine rings is 1. The Morgan fingerprint density at radius 2 is 1.83 bits per heavy atom. The molecule has 0 aliphatic carbocycles. The minimum absolute atomic E-state index is 0.0268. The predicted octanol–water partition coefficient (Wildman–Crippen LogP) is 0.588. The zero-order chi connectivity index (χ0) is 13.4. The molecule has 0 bridgehead atoms. The number of urea groups is 1. The molecule has 1 aliphatic rings. The lowest BCUT2D eigenvalue weighted by Gasteiger charge is -2.33. The van der Waals surface area contributed by atoms with E-state index in [0.29, 0.717) is 26.2 Å². The van der Waals surface area contributed by atoms with Gasteiger partial charge in [0, 0.05) is 32.7 Å². The van der Waals surface area contributed by atoms with Gasteiger partial charge in [-0.3, -0.25) is 9.69 Å². The van der Waals surface area contributed by atoms with Gasteiger partial charge in [-0.25, -0.2) is 4.79 Å². The van der Waals surface area contributed by atoms with Crippen molar-refractivity contribution >= 4 is 12.0 Å². The van der Waals surface area contributed by atoms with Crippen LogP contribution in [0.1, 0.15) is 26.2 Å². The molecule has 1 saturated heterocycles. The first-order chi connectivity index (χ1) is 8.63. The van der Waals surface area contributed by atoms with Gasteiger partial charge in [0.05, 0.1) is 6.54 Å². The van der Waals surface area contributed by atoms with Crippen LogP contribution in [-0.4, -0.2) is 66.2 Å². The molecular formula is C12H23N3O3. The summed E-state index contributed by atoms with van der Waals surface area (Å²) in [6, 6.07) is -0.0268. The zero-order valence-electron chi connectivity index (χ0n) is 11.0. The second kappa shape index (κ2) is 7.92. The number of carbonyl (C=O) groups is 2. The number of carboxylic acid groups (broad SMARTS) is 1. The summed E-state index contributed by atoms with van der Waals surface area (Å²) in [5, 5.41) is 11.6. The predicted molar refractivity (Wildman–Crippen MR) is 68.6 cm³/mol. The molecule has 0 aromatic carbocycles. The normalized spacial score (nSPS) is 16.6. The van der Waals surface area contributed by atoms with Crippen molar-refractivity contribution in [1.29, 1.82) is 0 Å². The van der Waals surface area contributed by atoms with E-state index in [0.717, 1.165) is 25.8 Å². The third kappa shape index (κ3) is 5.35. The van der Waals surface area contributed by atoms with Crippen molar-refractivity contribution in [3.63, 3.8) is 0 Å². The maximum Gasteiger partial charge on any atom is 0.317 e. The SMILES string of the molecule is CCCCCNC(=O)N1CCN(CC(=O)O)CC1. The van der Waals surface area contributed by atoms with Gasteiger partial charge in [-0.15, -0.1) is 0 Å². The van der Waals surface area contributed by atoms with E-state index in [1.807, 2.05) is 4.90 Å². The number of aliphatic carboxylic acids is 1. The highest BCUT2D eigenvalue weighted by atomic mass is 16.4. The van der Waals surface area contributed by atoms with E-state index in [-0.39, 0.29) is 12.6 Å². The number of rotatable bonds is 6. The summed E-state index contributed by atoms with van der Waals surface area (Å²) in [5.74, 6) is -0.813. The van der Waals surface area contributed by atoms with E-state index in [4.69, 9.17) is 5.11 Å². The lowest BCUT2D eigenvalue weighted by molar-refractivity contribution is -0.138. The van der Waals surface area contributed by atoms with Crippen LogP contribution in [0.15, 0.2) is 0 Å². The fourth-order valence-corrected chi connectivity index (χ4v) is 1.98. The largest absolute Gasteiger partial charge is 0.480 e. The molecular weight excluding hydrogens is 234 g/mol. The van der Waals surface area contributed by atoms with Gasteiger partial charge in [0.1, 0.15) is 0 Å². The first kappa shape index (κ1) is 14.8. The Balaban J connectivity index is 2.17. The van der Waals surface area contributed by atoms with Crippen molar-refractivity contribution in [2.45, 2.75) is 26.2 Å². The molecule has 1 heterocycles. The van der Waals surface area contributed by atoms with E-state index in [9.17, 15) is 9.59 Å². The fourth-order valence-electron chi connectivity index (χ4n) is 1.98. The molecule has 1 fully saturated rings. The topological polar surface area (TPSA) is 72.9 Å². The van der Waals surface area contributed by atoms with Gasteiger partial charge >= 0.3 is 12.0 Å². The first-order valence-electron chi connectivity index (χ1n) is 6.60. The molecule has 0 aromatic rings. The molecule has 0 aromatic heterocycles. The zero-order valence-corrected chi connectivity index (χ0v) is 11.0. The van der Waals surface area contributed by atoms with Crippen LogP contribution < -0.4 is 5.32 Å². The molecule has 6 nitrogen and oxygen atoms in total. The van der Waals surface area contributed by atoms with Gasteiger partial charge in [-0.05, 0) is 6.42 Å². The minimum atomic E-state index is -0.813. The molecule has 2 N–H and O–H groups in total. The molecule has 6 heteroatoms. The Labute approximate surface area is 108 Å². The van der Waals surface area contributed by atoms with E-state index in [2.05, 4.69) is 12.2 Å². The molecule has 1 rings (SSSR count). The number of carboxylic acids is 1. The number of hydrogen-bond donors (Lipinski definition) is 2. The van der Waals surface area contributed by atoms with Crippen LogP contribution in [0.2, 0.25) is 0 Å².